The summed E-state index contributed by atoms with van der Waals surface area (Å²) in [5, 5.41) is 6.70. The lowest BCUT2D eigenvalue weighted by Crippen LogP contribution is -2.47. The summed E-state index contributed by atoms with van der Waals surface area (Å²) < 4.78 is 4.64. The molecule has 0 radical (unpaired) electrons. The van der Waals surface area contributed by atoms with Gasteiger partial charge in [0.15, 0.2) is 0 Å². The minimum absolute atomic E-state index is 0.0532. The molecule has 0 aromatic heterocycles. The molecule has 152 valence electrons. The van der Waals surface area contributed by atoms with Crippen LogP contribution in [0.15, 0.2) is 11.9 Å². The van der Waals surface area contributed by atoms with Gasteiger partial charge in [-0.05, 0) is 44.8 Å². The molecular formula is C19H39N5O2. The van der Waals surface area contributed by atoms with Crippen LogP contribution in [0, 0.1) is 0 Å². The average molecular weight is 370 g/mol. The minimum Gasteiger partial charge on any atom is -0.468 e. The van der Waals surface area contributed by atoms with Crippen molar-refractivity contribution in [3.63, 3.8) is 0 Å². The molecule has 3 rings (SSSR count). The number of carbonyl (C=O) groups is 1. The summed E-state index contributed by atoms with van der Waals surface area (Å²) in [6.07, 6.45) is 11.7. The van der Waals surface area contributed by atoms with Crippen LogP contribution in [0.2, 0.25) is 0 Å². The van der Waals surface area contributed by atoms with E-state index in [4.69, 9.17) is 5.73 Å². The zero-order valence-corrected chi connectivity index (χ0v) is 16.8. The van der Waals surface area contributed by atoms with Crippen molar-refractivity contribution in [3.05, 3.63) is 11.9 Å². The molecule has 0 aromatic carbocycles. The summed E-state index contributed by atoms with van der Waals surface area (Å²) >= 11 is 0. The summed E-state index contributed by atoms with van der Waals surface area (Å²) in [6.45, 7) is 6.08. The predicted molar refractivity (Wildman–Crippen MR) is 106 cm³/mol. The molecule has 26 heavy (non-hydrogen) atoms. The normalized spacial score (nSPS) is 28.6. The van der Waals surface area contributed by atoms with E-state index in [2.05, 4.69) is 32.3 Å². The van der Waals surface area contributed by atoms with Crippen molar-refractivity contribution in [1.29, 1.82) is 0 Å². The molecule has 7 nitrogen and oxygen atoms in total. The molecule has 6 N–H and O–H groups in total. The fourth-order valence-electron chi connectivity index (χ4n) is 3.39. The number of hydrogen-bond acceptors (Lipinski definition) is 7. The lowest BCUT2D eigenvalue weighted by Gasteiger charge is -2.21. The van der Waals surface area contributed by atoms with Crippen molar-refractivity contribution in [2.45, 2.75) is 83.3 Å². The van der Waals surface area contributed by atoms with Gasteiger partial charge in [-0.15, -0.1) is 0 Å². The predicted octanol–water partition coefficient (Wildman–Crippen LogP) is 1.51. The van der Waals surface area contributed by atoms with E-state index in [0.29, 0.717) is 12.1 Å². The zero-order chi connectivity index (χ0) is 19.2. The van der Waals surface area contributed by atoms with Crippen LogP contribution in [0.3, 0.4) is 0 Å². The van der Waals surface area contributed by atoms with Gasteiger partial charge in [0.05, 0.1) is 13.2 Å². The van der Waals surface area contributed by atoms with Crippen molar-refractivity contribution in [1.82, 2.24) is 21.5 Å². The lowest BCUT2D eigenvalue weighted by atomic mass is 10.0. The monoisotopic (exact) mass is 369 g/mol. The Morgan fingerprint density at radius 1 is 1.04 bits per heavy atom. The summed E-state index contributed by atoms with van der Waals surface area (Å²) in [5.74, 6) is 0.628. The van der Waals surface area contributed by atoms with Gasteiger partial charge in [0, 0.05) is 6.04 Å². The summed E-state index contributed by atoms with van der Waals surface area (Å²) in [4.78, 5) is 11.0. The Labute approximate surface area is 158 Å². The van der Waals surface area contributed by atoms with Crippen LogP contribution in [0.5, 0.6) is 0 Å². The molecule has 3 atom stereocenters. The summed E-state index contributed by atoms with van der Waals surface area (Å²) in [5.41, 5.74) is 11.7. The van der Waals surface area contributed by atoms with E-state index in [9.17, 15) is 4.79 Å². The summed E-state index contributed by atoms with van der Waals surface area (Å²) in [6, 6.07) is 0.844. The molecule has 0 amide bonds. The molecule has 3 aliphatic rings. The number of rotatable bonds is 2. The number of nitrogens with one attached hydrogen (secondary N) is 4. The second-order valence-corrected chi connectivity index (χ2v) is 6.71. The Morgan fingerprint density at radius 2 is 1.69 bits per heavy atom. The first-order valence-corrected chi connectivity index (χ1v) is 10.2. The van der Waals surface area contributed by atoms with Crippen molar-refractivity contribution in [2.24, 2.45) is 5.73 Å². The molecule has 2 saturated heterocycles. The molecule has 0 spiro atoms. The van der Waals surface area contributed by atoms with Gasteiger partial charge in [-0.1, -0.05) is 39.5 Å². The van der Waals surface area contributed by atoms with E-state index in [0.717, 1.165) is 31.8 Å². The van der Waals surface area contributed by atoms with Gasteiger partial charge in [0.2, 0.25) is 0 Å². The second-order valence-electron chi connectivity index (χ2n) is 6.71. The minimum atomic E-state index is -0.119. The summed E-state index contributed by atoms with van der Waals surface area (Å²) in [7, 11) is 1.44. The van der Waals surface area contributed by atoms with Crippen molar-refractivity contribution in [3.8, 4) is 0 Å². The maximum atomic E-state index is 11.0. The standard InChI is InChI=1S/C9H18N4.C8H15NO2.C2H6/c10-9-6-8(12-13-9)7-4-2-1-3-5-11-7;1-11-8(10)7-5-3-2-4-6-9-7;1-2/h6-8,11-13H,1-5,10H2;7,9H,2-6H2,1H3;1-2H3. The van der Waals surface area contributed by atoms with Crippen molar-refractivity contribution in [2.75, 3.05) is 20.2 Å². The van der Waals surface area contributed by atoms with E-state index >= 15 is 0 Å². The molecule has 0 bridgehead atoms. The number of esters is 1. The quantitative estimate of drug-likeness (QED) is 0.470. The van der Waals surface area contributed by atoms with Crippen molar-refractivity contribution >= 4 is 5.97 Å². The van der Waals surface area contributed by atoms with E-state index in [1.165, 1.54) is 45.6 Å². The smallest absolute Gasteiger partial charge is 0.322 e. The second kappa shape index (κ2) is 13.8. The van der Waals surface area contributed by atoms with Crippen LogP contribution in [0.4, 0.5) is 0 Å². The Hall–Kier alpha value is -1.31. The topological polar surface area (TPSA) is 100 Å². The molecular weight excluding hydrogens is 330 g/mol. The Bertz CT molecular complexity index is 401. The first-order valence-electron chi connectivity index (χ1n) is 10.2. The Morgan fingerprint density at radius 3 is 2.31 bits per heavy atom. The van der Waals surface area contributed by atoms with Gasteiger partial charge in [0.25, 0.3) is 0 Å². The van der Waals surface area contributed by atoms with Gasteiger partial charge >= 0.3 is 5.97 Å². The molecule has 3 unspecified atom stereocenters. The van der Waals surface area contributed by atoms with Crippen LogP contribution in [-0.2, 0) is 9.53 Å². The van der Waals surface area contributed by atoms with Gasteiger partial charge in [-0.2, -0.15) is 0 Å². The highest BCUT2D eigenvalue weighted by atomic mass is 16.5. The molecule has 2 fully saturated rings. The Balaban J connectivity index is 0.000000241. The molecule has 3 aliphatic heterocycles. The highest BCUT2D eigenvalue weighted by Gasteiger charge is 2.23. The number of ether oxygens (including phenoxy) is 1. The van der Waals surface area contributed by atoms with Crippen LogP contribution in [-0.4, -0.2) is 44.3 Å². The number of methoxy groups -OCH3 is 1. The third kappa shape index (κ3) is 8.38. The molecule has 0 aromatic rings. The van der Waals surface area contributed by atoms with Gasteiger partial charge in [-0.3, -0.25) is 4.79 Å². The SMILES string of the molecule is CC.COC(=O)C1CCCCCN1.NC1=CC(C2CCCCCN2)NN1. The number of hydrogen-bond donors (Lipinski definition) is 5. The number of nitrogens with two attached hydrogens (primary N) is 1. The van der Waals surface area contributed by atoms with E-state index in [1.54, 1.807) is 0 Å². The van der Waals surface area contributed by atoms with Crippen LogP contribution in [0.25, 0.3) is 0 Å². The maximum Gasteiger partial charge on any atom is 0.322 e. The van der Waals surface area contributed by atoms with E-state index in [1.807, 2.05) is 13.8 Å². The Kier molecular flexibility index (Phi) is 12.1. The van der Waals surface area contributed by atoms with E-state index < -0.39 is 0 Å². The molecule has 0 aliphatic carbocycles. The van der Waals surface area contributed by atoms with Crippen LogP contribution >= 0.6 is 0 Å². The van der Waals surface area contributed by atoms with Crippen molar-refractivity contribution < 1.29 is 9.53 Å². The highest BCUT2D eigenvalue weighted by Crippen LogP contribution is 2.13. The number of hydrazine groups is 1. The molecule has 3 heterocycles. The van der Waals surface area contributed by atoms with Gasteiger partial charge in [-0.25, -0.2) is 5.43 Å². The highest BCUT2D eigenvalue weighted by molar-refractivity contribution is 5.75. The lowest BCUT2D eigenvalue weighted by molar-refractivity contribution is -0.143. The maximum absolute atomic E-state index is 11.0. The largest absolute Gasteiger partial charge is 0.468 e. The molecule has 7 heteroatoms. The molecule has 0 saturated carbocycles. The average Bonchev–Trinajstić information content (AvgIpc) is 2.92. The number of carbonyl (C=O) groups excluding carboxylic acids is 1. The van der Waals surface area contributed by atoms with Crippen LogP contribution in [0.1, 0.15) is 65.2 Å². The van der Waals surface area contributed by atoms with Gasteiger partial charge in [0.1, 0.15) is 11.9 Å². The van der Waals surface area contributed by atoms with Gasteiger partial charge < -0.3 is 26.5 Å². The van der Waals surface area contributed by atoms with Crippen LogP contribution < -0.4 is 27.2 Å². The third-order valence-corrected chi connectivity index (χ3v) is 4.82. The first kappa shape index (κ1) is 22.7. The third-order valence-electron chi connectivity index (χ3n) is 4.82. The fourth-order valence-corrected chi connectivity index (χ4v) is 3.39. The first-order chi connectivity index (χ1) is 12.7. The fraction of sp³-hybridized carbons (Fsp3) is 0.842. The zero-order valence-electron chi connectivity index (χ0n) is 16.8. The van der Waals surface area contributed by atoms with E-state index in [-0.39, 0.29) is 12.0 Å².